The first kappa shape index (κ1) is 17.3. The highest BCUT2D eigenvalue weighted by Crippen LogP contribution is 2.25. The van der Waals surface area contributed by atoms with Crippen LogP contribution < -0.4 is 0 Å². The molecule has 0 saturated heterocycles. The molecule has 0 bridgehead atoms. The maximum Gasteiger partial charge on any atom is 0.166 e. The summed E-state index contributed by atoms with van der Waals surface area (Å²) in [6.07, 6.45) is 4.14. The summed E-state index contributed by atoms with van der Waals surface area (Å²) in [5, 5.41) is 1.13. The topological polar surface area (TPSA) is 22.0 Å². The third-order valence-electron chi connectivity index (χ3n) is 5.14. The van der Waals surface area contributed by atoms with E-state index >= 15 is 0 Å². The summed E-state index contributed by atoms with van der Waals surface area (Å²) >= 11 is 0. The van der Waals surface area contributed by atoms with E-state index in [0.717, 1.165) is 48.7 Å². The van der Waals surface area contributed by atoms with Gasteiger partial charge in [-0.15, -0.1) is 0 Å². The number of unbranched alkanes of at least 4 members (excludes halogenated alkanes) is 1. The Labute approximate surface area is 160 Å². The molecule has 0 saturated carbocycles. The van der Waals surface area contributed by atoms with E-state index in [4.69, 9.17) is 0 Å². The van der Waals surface area contributed by atoms with Gasteiger partial charge in [-0.2, -0.15) is 0 Å². The van der Waals surface area contributed by atoms with Crippen LogP contribution in [0, 0.1) is 0 Å². The Morgan fingerprint density at radius 1 is 0.778 bits per heavy atom. The summed E-state index contributed by atoms with van der Waals surface area (Å²) in [6, 6.07) is 29.4. The molecule has 0 fully saturated rings. The maximum atomic E-state index is 11.4. The van der Waals surface area contributed by atoms with E-state index in [-0.39, 0.29) is 0 Å². The lowest BCUT2D eigenvalue weighted by atomic mass is 9.96. The number of aryl methyl sites for hydroxylation is 2. The van der Waals surface area contributed by atoms with Crippen LogP contribution in [0.3, 0.4) is 0 Å². The van der Waals surface area contributed by atoms with Crippen LogP contribution in [-0.4, -0.2) is 10.9 Å². The van der Waals surface area contributed by atoms with Gasteiger partial charge in [-0.05, 0) is 48.1 Å². The third-order valence-corrected chi connectivity index (χ3v) is 5.14. The summed E-state index contributed by atoms with van der Waals surface area (Å²) in [7, 11) is 0. The summed E-state index contributed by atoms with van der Waals surface area (Å²) in [6.45, 7) is 0.870. The molecule has 134 valence electrons. The number of aromatic nitrogens is 1. The average Bonchev–Trinajstić information content (AvgIpc) is 3.10. The molecular formula is C25H23NO. The van der Waals surface area contributed by atoms with E-state index in [9.17, 15) is 4.79 Å². The molecule has 0 aliphatic rings. The third kappa shape index (κ3) is 3.70. The first-order chi connectivity index (χ1) is 13.4. The fourth-order valence-electron chi connectivity index (χ4n) is 3.80. The lowest BCUT2D eigenvalue weighted by Gasteiger charge is -2.11. The van der Waals surface area contributed by atoms with Gasteiger partial charge in [-0.25, -0.2) is 0 Å². The highest BCUT2D eigenvalue weighted by molar-refractivity contribution is 5.88. The van der Waals surface area contributed by atoms with Crippen molar-refractivity contribution >= 4 is 17.2 Å². The number of carbonyl (C=O) groups is 1. The van der Waals surface area contributed by atoms with Gasteiger partial charge in [-0.3, -0.25) is 4.79 Å². The SMILES string of the molecule is O=Cc1cc2ccccc2n1CCCCc1ccccc1-c1ccccc1. The monoisotopic (exact) mass is 353 g/mol. The van der Waals surface area contributed by atoms with Gasteiger partial charge >= 0.3 is 0 Å². The predicted molar refractivity (Wildman–Crippen MR) is 112 cm³/mol. The number of hydrogen-bond acceptors (Lipinski definition) is 1. The molecule has 3 aromatic carbocycles. The van der Waals surface area contributed by atoms with Crippen molar-refractivity contribution in [2.75, 3.05) is 0 Å². The molecule has 4 rings (SSSR count). The number of hydrogen-bond donors (Lipinski definition) is 0. The quantitative estimate of drug-likeness (QED) is 0.289. The van der Waals surface area contributed by atoms with E-state index in [0.29, 0.717) is 0 Å². The summed E-state index contributed by atoms with van der Waals surface area (Å²) in [5.41, 5.74) is 5.88. The van der Waals surface area contributed by atoms with Crippen molar-refractivity contribution in [2.24, 2.45) is 0 Å². The fraction of sp³-hybridized carbons (Fsp3) is 0.160. The Morgan fingerprint density at radius 3 is 2.37 bits per heavy atom. The van der Waals surface area contributed by atoms with Crippen LogP contribution in [0.2, 0.25) is 0 Å². The van der Waals surface area contributed by atoms with Gasteiger partial charge < -0.3 is 4.57 Å². The van der Waals surface area contributed by atoms with Crippen molar-refractivity contribution in [3.8, 4) is 11.1 Å². The minimum absolute atomic E-state index is 0.765. The van der Waals surface area contributed by atoms with Crippen molar-refractivity contribution < 1.29 is 4.79 Å². The summed E-state index contributed by atoms with van der Waals surface area (Å²) in [5.74, 6) is 0. The molecule has 0 aliphatic carbocycles. The van der Waals surface area contributed by atoms with Crippen LogP contribution in [0.5, 0.6) is 0 Å². The molecule has 0 aliphatic heterocycles. The molecule has 0 spiro atoms. The number of para-hydroxylation sites is 1. The van der Waals surface area contributed by atoms with Crippen LogP contribution in [0.25, 0.3) is 22.0 Å². The molecule has 0 amide bonds. The zero-order valence-electron chi connectivity index (χ0n) is 15.3. The Balaban J connectivity index is 1.46. The van der Waals surface area contributed by atoms with Crippen molar-refractivity contribution in [3.63, 3.8) is 0 Å². The number of fused-ring (bicyclic) bond motifs is 1. The molecule has 2 nitrogen and oxygen atoms in total. The molecule has 2 heteroatoms. The van der Waals surface area contributed by atoms with Crippen molar-refractivity contribution in [1.29, 1.82) is 0 Å². The lowest BCUT2D eigenvalue weighted by Crippen LogP contribution is -2.03. The molecule has 0 N–H and O–H groups in total. The molecule has 1 aromatic heterocycles. The predicted octanol–water partition coefficient (Wildman–Crippen LogP) is 6.14. The molecule has 0 unspecified atom stereocenters. The van der Waals surface area contributed by atoms with E-state index < -0.39 is 0 Å². The average molecular weight is 353 g/mol. The second-order valence-corrected chi connectivity index (χ2v) is 6.88. The first-order valence-electron chi connectivity index (χ1n) is 9.53. The van der Waals surface area contributed by atoms with E-state index in [2.05, 4.69) is 71.3 Å². The van der Waals surface area contributed by atoms with E-state index in [1.54, 1.807) is 0 Å². The van der Waals surface area contributed by atoms with Crippen LogP contribution in [0.1, 0.15) is 28.9 Å². The zero-order valence-corrected chi connectivity index (χ0v) is 15.3. The fourth-order valence-corrected chi connectivity index (χ4v) is 3.80. The van der Waals surface area contributed by atoms with Crippen molar-refractivity contribution in [1.82, 2.24) is 4.57 Å². The number of aldehydes is 1. The highest BCUT2D eigenvalue weighted by atomic mass is 16.1. The molecule has 27 heavy (non-hydrogen) atoms. The van der Waals surface area contributed by atoms with Crippen molar-refractivity contribution in [2.45, 2.75) is 25.8 Å². The Hall–Kier alpha value is -3.13. The van der Waals surface area contributed by atoms with Gasteiger partial charge in [0.25, 0.3) is 0 Å². The van der Waals surface area contributed by atoms with Gasteiger partial charge in [0.2, 0.25) is 0 Å². The summed E-state index contributed by atoms with van der Waals surface area (Å²) < 4.78 is 2.14. The number of carbonyl (C=O) groups excluding carboxylic acids is 1. The molecule has 4 aromatic rings. The van der Waals surface area contributed by atoms with Gasteiger partial charge in [0.05, 0.1) is 5.69 Å². The zero-order chi connectivity index (χ0) is 18.5. The second-order valence-electron chi connectivity index (χ2n) is 6.88. The van der Waals surface area contributed by atoms with Crippen LogP contribution in [0.15, 0.2) is 84.9 Å². The van der Waals surface area contributed by atoms with Crippen LogP contribution in [-0.2, 0) is 13.0 Å². The largest absolute Gasteiger partial charge is 0.338 e. The smallest absolute Gasteiger partial charge is 0.166 e. The minimum Gasteiger partial charge on any atom is -0.338 e. The molecule has 0 radical (unpaired) electrons. The van der Waals surface area contributed by atoms with Gasteiger partial charge in [0.1, 0.15) is 0 Å². The lowest BCUT2D eigenvalue weighted by molar-refractivity contribution is 0.111. The standard InChI is InChI=1S/C25H23NO/c27-19-23-18-22-14-5-7-16-25(22)26(23)17-9-8-13-21-12-4-6-15-24(21)20-10-2-1-3-11-20/h1-7,10-12,14-16,18-19H,8-9,13,17H2. The van der Waals surface area contributed by atoms with Gasteiger partial charge in [0.15, 0.2) is 6.29 Å². The molecular weight excluding hydrogens is 330 g/mol. The van der Waals surface area contributed by atoms with Gasteiger partial charge in [-0.1, -0.05) is 72.8 Å². The van der Waals surface area contributed by atoms with Crippen molar-refractivity contribution in [3.05, 3.63) is 96.2 Å². The maximum absolute atomic E-state index is 11.4. The van der Waals surface area contributed by atoms with E-state index in [1.165, 1.54) is 16.7 Å². The number of benzene rings is 3. The van der Waals surface area contributed by atoms with Crippen LogP contribution in [0.4, 0.5) is 0 Å². The summed E-state index contributed by atoms with van der Waals surface area (Å²) in [4.78, 5) is 11.4. The normalized spacial score (nSPS) is 11.0. The minimum atomic E-state index is 0.765. The number of nitrogens with zero attached hydrogens (tertiary/aromatic N) is 1. The van der Waals surface area contributed by atoms with Crippen LogP contribution >= 0.6 is 0 Å². The Bertz CT molecular complexity index is 1050. The van der Waals surface area contributed by atoms with E-state index in [1.807, 2.05) is 18.2 Å². The molecule has 1 heterocycles. The Kier molecular flexibility index (Phi) is 5.15. The van der Waals surface area contributed by atoms with Gasteiger partial charge in [0, 0.05) is 17.4 Å². The first-order valence-corrected chi connectivity index (χ1v) is 9.53. The Morgan fingerprint density at radius 2 is 1.52 bits per heavy atom. The number of rotatable bonds is 7. The second kappa shape index (κ2) is 8.05. The molecule has 0 atom stereocenters. The highest BCUT2D eigenvalue weighted by Gasteiger charge is 2.08.